The van der Waals surface area contributed by atoms with Crippen LogP contribution < -0.4 is 0 Å². The van der Waals surface area contributed by atoms with Gasteiger partial charge < -0.3 is 0 Å². The Bertz CT molecular complexity index is 255. The van der Waals surface area contributed by atoms with Gasteiger partial charge in [-0.2, -0.15) is 0 Å². The molecule has 0 aliphatic rings. The molecule has 0 heterocycles. The summed E-state index contributed by atoms with van der Waals surface area (Å²) < 4.78 is 0. The second-order valence-electron chi connectivity index (χ2n) is 3.37. The fraction of sp³-hybridized carbons (Fsp3) is 0.417. The SMILES string of the molecule is CCC(=O)Cl.Cc1cc(C)cc(C)c1. The Balaban J connectivity index is 0.000000292. The van der Waals surface area contributed by atoms with Crippen molar-refractivity contribution in [3.8, 4) is 0 Å². The Morgan fingerprint density at radius 2 is 1.29 bits per heavy atom. The van der Waals surface area contributed by atoms with Crippen molar-refractivity contribution in [2.45, 2.75) is 34.1 Å². The van der Waals surface area contributed by atoms with E-state index in [-0.39, 0.29) is 5.24 Å². The minimum atomic E-state index is -0.273. The van der Waals surface area contributed by atoms with E-state index in [1.54, 1.807) is 6.92 Å². The van der Waals surface area contributed by atoms with E-state index in [9.17, 15) is 4.79 Å². The molecule has 0 radical (unpaired) electrons. The summed E-state index contributed by atoms with van der Waals surface area (Å²) >= 11 is 4.82. The molecule has 0 aliphatic heterocycles. The molecule has 0 aliphatic carbocycles. The third kappa shape index (κ3) is 6.67. The molecule has 1 nitrogen and oxygen atoms in total. The second kappa shape index (κ2) is 6.61. The van der Waals surface area contributed by atoms with E-state index in [0.29, 0.717) is 6.42 Å². The first-order valence-electron chi connectivity index (χ1n) is 4.69. The van der Waals surface area contributed by atoms with Crippen molar-refractivity contribution in [1.82, 2.24) is 0 Å². The number of carbonyl (C=O) groups excluding carboxylic acids is 1. The van der Waals surface area contributed by atoms with Crippen molar-refractivity contribution in [2.24, 2.45) is 0 Å². The maximum atomic E-state index is 9.58. The van der Waals surface area contributed by atoms with Crippen LogP contribution in [0.2, 0.25) is 0 Å². The molecule has 2 heteroatoms. The first kappa shape index (κ1) is 13.2. The normalized spacial score (nSPS) is 8.93. The zero-order valence-electron chi connectivity index (χ0n) is 9.23. The predicted octanol–water partition coefficient (Wildman–Crippen LogP) is 3.77. The van der Waals surface area contributed by atoms with Crippen molar-refractivity contribution in [1.29, 1.82) is 0 Å². The van der Waals surface area contributed by atoms with Crippen molar-refractivity contribution in [2.75, 3.05) is 0 Å². The zero-order chi connectivity index (χ0) is 11.1. The van der Waals surface area contributed by atoms with E-state index in [0.717, 1.165) is 0 Å². The Labute approximate surface area is 91.1 Å². The van der Waals surface area contributed by atoms with Crippen LogP contribution in [0.5, 0.6) is 0 Å². The largest absolute Gasteiger partial charge is 0.281 e. The third-order valence-corrected chi connectivity index (χ3v) is 1.91. The van der Waals surface area contributed by atoms with Crippen LogP contribution in [0.3, 0.4) is 0 Å². The van der Waals surface area contributed by atoms with Crippen LogP contribution >= 0.6 is 11.6 Å². The molecular formula is C12H17ClO. The van der Waals surface area contributed by atoms with Gasteiger partial charge in [0.2, 0.25) is 5.24 Å². The van der Waals surface area contributed by atoms with Gasteiger partial charge >= 0.3 is 0 Å². The maximum absolute atomic E-state index is 9.58. The highest BCUT2D eigenvalue weighted by molar-refractivity contribution is 6.63. The molecule has 0 fully saturated rings. The third-order valence-electron chi connectivity index (χ3n) is 1.64. The fourth-order valence-corrected chi connectivity index (χ4v) is 1.20. The summed E-state index contributed by atoms with van der Waals surface area (Å²) in [4.78, 5) is 9.58. The van der Waals surface area contributed by atoms with Gasteiger partial charge in [-0.15, -0.1) is 0 Å². The van der Waals surface area contributed by atoms with Crippen molar-refractivity contribution >= 4 is 16.8 Å². The summed E-state index contributed by atoms with van der Waals surface area (Å²) in [5, 5.41) is -0.273. The molecule has 0 N–H and O–H groups in total. The average molecular weight is 213 g/mol. The number of hydrogen-bond donors (Lipinski definition) is 0. The number of carbonyl (C=O) groups is 1. The smallest absolute Gasteiger partial charge is 0.221 e. The molecule has 14 heavy (non-hydrogen) atoms. The molecule has 1 aromatic carbocycles. The van der Waals surface area contributed by atoms with Gasteiger partial charge in [-0.3, -0.25) is 4.79 Å². The summed E-state index contributed by atoms with van der Waals surface area (Å²) in [7, 11) is 0. The molecule has 0 amide bonds. The van der Waals surface area contributed by atoms with Crippen LogP contribution in [-0.4, -0.2) is 5.24 Å². The number of rotatable bonds is 1. The number of hydrogen-bond acceptors (Lipinski definition) is 1. The molecule has 1 rings (SSSR count). The number of benzene rings is 1. The molecule has 0 bridgehead atoms. The van der Waals surface area contributed by atoms with Gasteiger partial charge in [-0.25, -0.2) is 0 Å². The summed E-state index contributed by atoms with van der Waals surface area (Å²) in [6.07, 6.45) is 0.432. The summed E-state index contributed by atoms with van der Waals surface area (Å²) in [5.74, 6) is 0. The minimum Gasteiger partial charge on any atom is -0.281 e. The van der Waals surface area contributed by atoms with E-state index >= 15 is 0 Å². The zero-order valence-corrected chi connectivity index (χ0v) is 9.98. The van der Waals surface area contributed by atoms with Gasteiger partial charge in [0.1, 0.15) is 0 Å². The van der Waals surface area contributed by atoms with E-state index in [4.69, 9.17) is 11.6 Å². The average Bonchev–Trinajstić information content (AvgIpc) is 2.02. The molecule has 0 spiro atoms. The van der Waals surface area contributed by atoms with Gasteiger partial charge in [0.25, 0.3) is 0 Å². The Morgan fingerprint density at radius 3 is 1.43 bits per heavy atom. The lowest BCUT2D eigenvalue weighted by molar-refractivity contribution is -0.111. The van der Waals surface area contributed by atoms with Gasteiger partial charge in [0.05, 0.1) is 0 Å². The monoisotopic (exact) mass is 212 g/mol. The Hall–Kier alpha value is -0.820. The molecule has 0 saturated carbocycles. The van der Waals surface area contributed by atoms with Gasteiger partial charge in [0, 0.05) is 6.42 Å². The standard InChI is InChI=1S/C9H12.C3H5ClO/c1-7-4-8(2)6-9(3)5-7;1-2-3(4)5/h4-6H,1-3H3;2H2,1H3. The van der Waals surface area contributed by atoms with Crippen LogP contribution in [0, 0.1) is 20.8 Å². The van der Waals surface area contributed by atoms with Crippen LogP contribution in [0.1, 0.15) is 30.0 Å². The highest BCUT2D eigenvalue weighted by atomic mass is 35.5. The highest BCUT2D eigenvalue weighted by Gasteiger charge is 1.87. The van der Waals surface area contributed by atoms with E-state index in [2.05, 4.69) is 39.0 Å². The summed E-state index contributed by atoms with van der Waals surface area (Å²) in [5.41, 5.74) is 4.06. The molecule has 0 unspecified atom stereocenters. The molecule has 1 aromatic rings. The molecule has 0 aromatic heterocycles. The highest BCUT2D eigenvalue weighted by Crippen LogP contribution is 2.06. The quantitative estimate of drug-likeness (QED) is 0.648. The lowest BCUT2D eigenvalue weighted by Gasteiger charge is -1.96. The molecule has 78 valence electrons. The van der Waals surface area contributed by atoms with Gasteiger partial charge in [-0.05, 0) is 32.4 Å². The van der Waals surface area contributed by atoms with Crippen molar-refractivity contribution in [3.05, 3.63) is 34.9 Å². The lowest BCUT2D eigenvalue weighted by Crippen LogP contribution is -1.78. The first-order valence-corrected chi connectivity index (χ1v) is 5.06. The van der Waals surface area contributed by atoms with Gasteiger partial charge in [0.15, 0.2) is 0 Å². The minimum absolute atomic E-state index is 0.273. The Kier molecular flexibility index (Phi) is 6.22. The van der Waals surface area contributed by atoms with Crippen molar-refractivity contribution < 1.29 is 4.79 Å². The Morgan fingerprint density at radius 1 is 1.07 bits per heavy atom. The van der Waals surface area contributed by atoms with Crippen LogP contribution in [-0.2, 0) is 4.79 Å². The molecule has 0 atom stereocenters. The molecule has 0 saturated heterocycles. The van der Waals surface area contributed by atoms with Crippen LogP contribution in [0.4, 0.5) is 0 Å². The summed E-state index contributed by atoms with van der Waals surface area (Å²) in [6.45, 7) is 8.09. The van der Waals surface area contributed by atoms with Crippen molar-refractivity contribution in [3.63, 3.8) is 0 Å². The fourth-order valence-electron chi connectivity index (χ4n) is 1.20. The number of halogens is 1. The predicted molar refractivity (Wildman–Crippen MR) is 61.8 cm³/mol. The first-order chi connectivity index (χ1) is 6.45. The number of aryl methyl sites for hydroxylation is 3. The lowest BCUT2D eigenvalue weighted by atomic mass is 10.1. The van der Waals surface area contributed by atoms with E-state index < -0.39 is 0 Å². The van der Waals surface area contributed by atoms with Crippen LogP contribution in [0.15, 0.2) is 18.2 Å². The topological polar surface area (TPSA) is 17.1 Å². The maximum Gasteiger partial charge on any atom is 0.221 e. The van der Waals surface area contributed by atoms with Gasteiger partial charge in [-0.1, -0.05) is 41.8 Å². The van der Waals surface area contributed by atoms with Crippen LogP contribution in [0.25, 0.3) is 0 Å². The molecular weight excluding hydrogens is 196 g/mol. The van der Waals surface area contributed by atoms with E-state index in [1.165, 1.54) is 16.7 Å². The van der Waals surface area contributed by atoms with E-state index in [1.807, 2.05) is 0 Å². The summed E-state index contributed by atoms with van der Waals surface area (Å²) in [6, 6.07) is 6.56. The second-order valence-corrected chi connectivity index (χ2v) is 3.80.